The average Bonchev–Trinajstić information content (AvgIpc) is 3.28. The third kappa shape index (κ3) is 4.68. The molecule has 150 valence electrons. The number of aryl methyl sites for hydroxylation is 1. The Morgan fingerprint density at radius 2 is 1.96 bits per heavy atom. The molecule has 1 aliphatic carbocycles. The van der Waals surface area contributed by atoms with Crippen molar-refractivity contribution in [1.29, 1.82) is 0 Å². The summed E-state index contributed by atoms with van der Waals surface area (Å²) in [4.78, 5) is 27.2. The lowest BCUT2D eigenvalue weighted by molar-refractivity contribution is -0.136. The van der Waals surface area contributed by atoms with Gasteiger partial charge in [-0.15, -0.1) is 11.3 Å². The maximum absolute atomic E-state index is 13.0. The van der Waals surface area contributed by atoms with Gasteiger partial charge < -0.3 is 10.4 Å². The number of carbonyl (C=O) groups excluding carboxylic acids is 1. The lowest BCUT2D eigenvalue weighted by Gasteiger charge is -2.16. The Morgan fingerprint density at radius 1 is 1.25 bits per heavy atom. The quantitative estimate of drug-likeness (QED) is 0.653. The van der Waals surface area contributed by atoms with Crippen LogP contribution in [-0.4, -0.2) is 35.8 Å². The largest absolute Gasteiger partial charge is 0.481 e. The molecule has 0 unspecified atom stereocenters. The molecule has 1 fully saturated rings. The standard InChI is InChI=1S/C18H21N3O5S2/c1-11-6-7-14(15(8-11)28(25,26)13-4-2-3-5-13)20-17(24)21-18-19-12(10-27-18)9-16(22)23/h6-8,10,13H,2-5,9H2,1H3,(H,22,23)(H2,19,20,21,24). The van der Waals surface area contributed by atoms with Crippen molar-refractivity contribution < 1.29 is 23.1 Å². The van der Waals surface area contributed by atoms with Gasteiger partial charge in [0.05, 0.1) is 27.9 Å². The van der Waals surface area contributed by atoms with Crippen LogP contribution in [0.2, 0.25) is 0 Å². The Labute approximate surface area is 166 Å². The van der Waals surface area contributed by atoms with E-state index in [0.717, 1.165) is 29.7 Å². The number of aromatic nitrogens is 1. The van der Waals surface area contributed by atoms with Gasteiger partial charge in [0.15, 0.2) is 15.0 Å². The van der Waals surface area contributed by atoms with E-state index >= 15 is 0 Å². The summed E-state index contributed by atoms with van der Waals surface area (Å²) in [6, 6.07) is 4.26. The Kier molecular flexibility index (Phi) is 5.99. The Hall–Kier alpha value is -2.46. The minimum Gasteiger partial charge on any atom is -0.481 e. The Balaban J connectivity index is 1.77. The summed E-state index contributed by atoms with van der Waals surface area (Å²) in [5.41, 5.74) is 1.35. The minimum atomic E-state index is -3.54. The molecule has 0 aliphatic heterocycles. The predicted octanol–water partition coefficient (Wildman–Crippen LogP) is 3.44. The lowest BCUT2D eigenvalue weighted by atomic mass is 10.2. The van der Waals surface area contributed by atoms with Crippen molar-refractivity contribution in [1.82, 2.24) is 4.98 Å². The van der Waals surface area contributed by atoms with Gasteiger partial charge in [-0.3, -0.25) is 10.1 Å². The van der Waals surface area contributed by atoms with Crippen LogP contribution in [0.5, 0.6) is 0 Å². The van der Waals surface area contributed by atoms with Crippen LogP contribution in [0.15, 0.2) is 28.5 Å². The van der Waals surface area contributed by atoms with Gasteiger partial charge >= 0.3 is 12.0 Å². The summed E-state index contributed by atoms with van der Waals surface area (Å²) >= 11 is 1.10. The zero-order chi connectivity index (χ0) is 20.3. The van der Waals surface area contributed by atoms with Gasteiger partial charge in [0.1, 0.15) is 0 Å². The highest BCUT2D eigenvalue weighted by molar-refractivity contribution is 7.92. The smallest absolute Gasteiger partial charge is 0.325 e. The number of hydrogen-bond donors (Lipinski definition) is 3. The molecule has 2 aromatic rings. The molecule has 0 atom stereocenters. The first-order chi connectivity index (χ1) is 13.3. The number of anilines is 2. The molecular weight excluding hydrogens is 402 g/mol. The number of aliphatic carboxylic acids is 1. The number of nitrogens with one attached hydrogen (secondary N) is 2. The van der Waals surface area contributed by atoms with Crippen LogP contribution in [0, 0.1) is 6.92 Å². The normalized spacial score (nSPS) is 14.8. The van der Waals surface area contributed by atoms with Gasteiger partial charge in [-0.25, -0.2) is 18.2 Å². The maximum Gasteiger partial charge on any atom is 0.325 e. The zero-order valence-corrected chi connectivity index (χ0v) is 16.9. The number of carboxylic acid groups (broad SMARTS) is 1. The second kappa shape index (κ2) is 8.27. The van der Waals surface area contributed by atoms with Crippen LogP contribution >= 0.6 is 11.3 Å². The monoisotopic (exact) mass is 423 g/mol. The van der Waals surface area contributed by atoms with Gasteiger partial charge in [0.25, 0.3) is 0 Å². The summed E-state index contributed by atoms with van der Waals surface area (Å²) < 4.78 is 26.0. The molecule has 1 aromatic carbocycles. The number of hydrogen-bond acceptors (Lipinski definition) is 6. The van der Waals surface area contributed by atoms with Crippen LogP contribution in [0.3, 0.4) is 0 Å². The van der Waals surface area contributed by atoms with E-state index in [1.807, 2.05) is 0 Å². The zero-order valence-electron chi connectivity index (χ0n) is 15.3. The predicted molar refractivity (Wildman–Crippen MR) is 107 cm³/mol. The SMILES string of the molecule is Cc1ccc(NC(=O)Nc2nc(CC(=O)O)cs2)c(S(=O)(=O)C2CCCC2)c1. The van der Waals surface area contributed by atoms with Gasteiger partial charge in [-0.05, 0) is 37.5 Å². The number of benzene rings is 1. The molecule has 0 saturated heterocycles. The molecule has 1 saturated carbocycles. The topological polar surface area (TPSA) is 125 Å². The van der Waals surface area contributed by atoms with Crippen molar-refractivity contribution in [3.8, 4) is 0 Å². The van der Waals surface area contributed by atoms with Crippen LogP contribution < -0.4 is 10.6 Å². The highest BCUT2D eigenvalue weighted by Crippen LogP contribution is 2.33. The minimum absolute atomic E-state index is 0.125. The van der Waals surface area contributed by atoms with Crippen molar-refractivity contribution in [2.75, 3.05) is 10.6 Å². The molecule has 1 aromatic heterocycles. The van der Waals surface area contributed by atoms with Gasteiger partial charge in [0, 0.05) is 5.38 Å². The van der Waals surface area contributed by atoms with Gasteiger partial charge in [-0.2, -0.15) is 0 Å². The van der Waals surface area contributed by atoms with E-state index in [1.165, 1.54) is 0 Å². The van der Waals surface area contributed by atoms with E-state index in [4.69, 9.17) is 5.11 Å². The van der Waals surface area contributed by atoms with E-state index in [1.54, 1.807) is 30.5 Å². The third-order valence-electron chi connectivity index (χ3n) is 4.54. The molecule has 0 spiro atoms. The summed E-state index contributed by atoms with van der Waals surface area (Å²) in [5.74, 6) is -1.01. The molecule has 0 bridgehead atoms. The van der Waals surface area contributed by atoms with Gasteiger partial charge in [0.2, 0.25) is 0 Å². The Morgan fingerprint density at radius 3 is 2.64 bits per heavy atom. The lowest BCUT2D eigenvalue weighted by Crippen LogP contribution is -2.23. The summed E-state index contributed by atoms with van der Waals surface area (Å²) in [7, 11) is -3.54. The molecule has 8 nitrogen and oxygen atoms in total. The molecule has 28 heavy (non-hydrogen) atoms. The molecule has 1 heterocycles. The fraction of sp³-hybridized carbons (Fsp3) is 0.389. The Bertz CT molecular complexity index is 994. The molecular formula is C18H21N3O5S2. The van der Waals surface area contributed by atoms with Crippen LogP contribution in [0.4, 0.5) is 15.6 Å². The fourth-order valence-corrected chi connectivity index (χ4v) is 5.99. The molecule has 10 heteroatoms. The van der Waals surface area contributed by atoms with E-state index in [0.29, 0.717) is 18.5 Å². The highest BCUT2D eigenvalue weighted by Gasteiger charge is 2.32. The van der Waals surface area contributed by atoms with E-state index < -0.39 is 27.1 Å². The van der Waals surface area contributed by atoms with Crippen LogP contribution in [0.1, 0.15) is 36.9 Å². The number of sulfone groups is 1. The van der Waals surface area contributed by atoms with Crippen molar-refractivity contribution in [3.05, 3.63) is 34.8 Å². The van der Waals surface area contributed by atoms with Crippen LogP contribution in [0.25, 0.3) is 0 Å². The number of carbonyl (C=O) groups is 2. The first-order valence-electron chi connectivity index (χ1n) is 8.84. The first kappa shape index (κ1) is 20.3. The van der Waals surface area contributed by atoms with Crippen molar-refractivity contribution in [2.45, 2.75) is 49.2 Å². The van der Waals surface area contributed by atoms with Crippen molar-refractivity contribution in [2.24, 2.45) is 0 Å². The maximum atomic E-state index is 13.0. The van der Waals surface area contributed by atoms with E-state index in [9.17, 15) is 18.0 Å². The summed E-state index contributed by atoms with van der Waals surface area (Å²) in [6.07, 6.45) is 2.81. The number of urea groups is 1. The summed E-state index contributed by atoms with van der Waals surface area (Å²) in [5, 5.41) is 15.2. The number of rotatable bonds is 6. The van der Waals surface area contributed by atoms with Crippen LogP contribution in [-0.2, 0) is 21.1 Å². The fourth-order valence-electron chi connectivity index (χ4n) is 3.20. The van der Waals surface area contributed by atoms with E-state index in [-0.39, 0.29) is 22.1 Å². The molecule has 2 amide bonds. The van der Waals surface area contributed by atoms with Crippen molar-refractivity contribution in [3.63, 3.8) is 0 Å². The number of carboxylic acids is 1. The van der Waals surface area contributed by atoms with Crippen molar-refractivity contribution >= 4 is 44.0 Å². The third-order valence-corrected chi connectivity index (χ3v) is 7.64. The van der Waals surface area contributed by atoms with E-state index in [2.05, 4.69) is 15.6 Å². The summed E-state index contributed by atoms with van der Waals surface area (Å²) in [6.45, 7) is 1.80. The number of nitrogens with zero attached hydrogens (tertiary/aromatic N) is 1. The number of thiazole rings is 1. The van der Waals surface area contributed by atoms with Gasteiger partial charge in [-0.1, -0.05) is 18.9 Å². The molecule has 3 N–H and O–H groups in total. The molecule has 1 aliphatic rings. The first-order valence-corrected chi connectivity index (χ1v) is 11.3. The second-order valence-electron chi connectivity index (χ2n) is 6.74. The second-order valence-corrected chi connectivity index (χ2v) is 9.80. The molecule has 0 radical (unpaired) electrons. The number of amides is 2. The average molecular weight is 424 g/mol. The molecule has 3 rings (SSSR count). The highest BCUT2D eigenvalue weighted by atomic mass is 32.2.